The molecule has 1 saturated heterocycles. The maximum atomic E-state index is 11.2. The molecule has 0 amide bonds. The van der Waals surface area contributed by atoms with Gasteiger partial charge in [-0.15, -0.1) is 0 Å². The molecule has 1 aliphatic rings. The van der Waals surface area contributed by atoms with Crippen molar-refractivity contribution in [1.29, 1.82) is 0 Å². The van der Waals surface area contributed by atoms with Crippen molar-refractivity contribution >= 4 is 5.97 Å². The van der Waals surface area contributed by atoms with Crippen LogP contribution in [0.2, 0.25) is 0 Å². The molecule has 0 spiro atoms. The maximum absolute atomic E-state index is 11.2. The van der Waals surface area contributed by atoms with Crippen molar-refractivity contribution in [3.63, 3.8) is 0 Å². The van der Waals surface area contributed by atoms with E-state index in [1.165, 1.54) is 12.6 Å². The number of carbonyl (C=O) groups is 1. The zero-order valence-corrected chi connectivity index (χ0v) is 12.2. The van der Waals surface area contributed by atoms with E-state index in [1.54, 1.807) is 6.07 Å². The molecule has 5 heteroatoms. The average molecular weight is 277 g/mol. The minimum Gasteiger partial charge on any atom is -0.477 e. The van der Waals surface area contributed by atoms with Crippen LogP contribution in [0.5, 0.6) is 0 Å². The molecule has 1 aromatic rings. The number of hydrogen-bond acceptors (Lipinski definition) is 4. The molecular formula is C15H23N3O2. The van der Waals surface area contributed by atoms with E-state index in [2.05, 4.69) is 28.6 Å². The number of pyridine rings is 1. The Bertz CT molecular complexity index is 456. The molecule has 1 atom stereocenters. The number of aromatic carboxylic acids is 1. The highest BCUT2D eigenvalue weighted by Crippen LogP contribution is 2.13. The van der Waals surface area contributed by atoms with E-state index in [0.717, 1.165) is 31.7 Å². The summed E-state index contributed by atoms with van der Waals surface area (Å²) in [5.74, 6) is -0.946. The summed E-state index contributed by atoms with van der Waals surface area (Å²) in [7, 11) is 0. The second-order valence-corrected chi connectivity index (χ2v) is 5.39. The van der Waals surface area contributed by atoms with E-state index in [-0.39, 0.29) is 5.69 Å². The average Bonchev–Trinajstić information content (AvgIpc) is 2.47. The van der Waals surface area contributed by atoms with E-state index >= 15 is 0 Å². The van der Waals surface area contributed by atoms with Crippen molar-refractivity contribution in [2.45, 2.75) is 32.9 Å². The van der Waals surface area contributed by atoms with Crippen LogP contribution >= 0.6 is 0 Å². The quantitative estimate of drug-likeness (QED) is 0.887. The van der Waals surface area contributed by atoms with Gasteiger partial charge in [-0.3, -0.25) is 9.80 Å². The lowest BCUT2D eigenvalue weighted by atomic mass is 10.1. The Hall–Kier alpha value is -1.46. The third-order valence-corrected chi connectivity index (χ3v) is 4.11. The Balaban J connectivity index is 1.95. The first-order chi connectivity index (χ1) is 9.61. The van der Waals surface area contributed by atoms with E-state index < -0.39 is 5.97 Å². The number of hydrogen-bond donors (Lipinski definition) is 1. The number of carboxylic acid groups (broad SMARTS) is 1. The predicted octanol–water partition coefficient (Wildman–Crippen LogP) is 1.70. The fraction of sp³-hybridized carbons (Fsp3) is 0.600. The van der Waals surface area contributed by atoms with Gasteiger partial charge in [-0.05, 0) is 25.0 Å². The Morgan fingerprint density at radius 3 is 2.70 bits per heavy atom. The van der Waals surface area contributed by atoms with Gasteiger partial charge in [0.1, 0.15) is 0 Å². The van der Waals surface area contributed by atoms with Crippen LogP contribution in [-0.4, -0.2) is 58.1 Å². The summed E-state index contributed by atoms with van der Waals surface area (Å²) in [6.45, 7) is 9.22. The first-order valence-corrected chi connectivity index (χ1v) is 7.25. The van der Waals surface area contributed by atoms with Gasteiger partial charge >= 0.3 is 5.97 Å². The second kappa shape index (κ2) is 6.81. The molecule has 1 aromatic heterocycles. The van der Waals surface area contributed by atoms with Crippen LogP contribution in [0.4, 0.5) is 0 Å². The highest BCUT2D eigenvalue weighted by atomic mass is 16.4. The molecule has 1 aliphatic heterocycles. The normalized spacial score (nSPS) is 18.9. The number of aromatic nitrogens is 1. The topological polar surface area (TPSA) is 56.7 Å². The third kappa shape index (κ3) is 3.55. The molecule has 5 nitrogen and oxygen atoms in total. The second-order valence-electron chi connectivity index (χ2n) is 5.39. The molecule has 0 radical (unpaired) electrons. The van der Waals surface area contributed by atoms with Gasteiger partial charge in [0, 0.05) is 45.0 Å². The molecule has 20 heavy (non-hydrogen) atoms. The fourth-order valence-corrected chi connectivity index (χ4v) is 2.62. The van der Waals surface area contributed by atoms with Crippen molar-refractivity contribution in [3.8, 4) is 0 Å². The van der Waals surface area contributed by atoms with Crippen LogP contribution in [0, 0.1) is 0 Å². The number of nitrogens with zero attached hydrogens (tertiary/aromatic N) is 3. The summed E-state index contributed by atoms with van der Waals surface area (Å²) in [4.78, 5) is 19.9. The molecule has 2 rings (SSSR count). The zero-order chi connectivity index (χ0) is 14.5. The predicted molar refractivity (Wildman–Crippen MR) is 77.8 cm³/mol. The van der Waals surface area contributed by atoms with Gasteiger partial charge in [0.25, 0.3) is 0 Å². The summed E-state index contributed by atoms with van der Waals surface area (Å²) in [6.07, 6.45) is 2.71. The lowest BCUT2D eigenvalue weighted by Crippen LogP contribution is -2.49. The number of carboxylic acids is 1. The molecule has 1 fully saturated rings. The van der Waals surface area contributed by atoms with Gasteiger partial charge in [0.05, 0.1) is 0 Å². The van der Waals surface area contributed by atoms with Crippen LogP contribution in [0.1, 0.15) is 36.3 Å². The lowest BCUT2D eigenvalue weighted by molar-refractivity contribution is 0.0684. The highest BCUT2D eigenvalue weighted by Gasteiger charge is 2.21. The van der Waals surface area contributed by atoms with Gasteiger partial charge in [-0.25, -0.2) is 9.78 Å². The molecule has 1 unspecified atom stereocenters. The number of piperazine rings is 1. The van der Waals surface area contributed by atoms with Crippen LogP contribution in [-0.2, 0) is 6.54 Å². The Morgan fingerprint density at radius 1 is 1.40 bits per heavy atom. The van der Waals surface area contributed by atoms with Crippen LogP contribution in [0.25, 0.3) is 0 Å². The van der Waals surface area contributed by atoms with Gasteiger partial charge in [0.2, 0.25) is 0 Å². The van der Waals surface area contributed by atoms with Crippen molar-refractivity contribution in [2.24, 2.45) is 0 Å². The molecule has 2 heterocycles. The van der Waals surface area contributed by atoms with Crippen LogP contribution in [0.15, 0.2) is 18.3 Å². The van der Waals surface area contributed by atoms with Gasteiger partial charge in [-0.2, -0.15) is 0 Å². The van der Waals surface area contributed by atoms with Crippen molar-refractivity contribution < 1.29 is 9.90 Å². The fourth-order valence-electron chi connectivity index (χ4n) is 2.62. The number of rotatable bonds is 5. The highest BCUT2D eigenvalue weighted by molar-refractivity contribution is 5.86. The van der Waals surface area contributed by atoms with E-state index in [1.807, 2.05) is 6.07 Å². The Morgan fingerprint density at radius 2 is 2.10 bits per heavy atom. The standard InChI is InChI=1S/C15H23N3O2/c1-3-12(2)18-9-7-17(8-10-18)11-13-5-4-6-16-14(13)15(19)20/h4-6,12H,3,7-11H2,1-2H3,(H,19,20). The monoisotopic (exact) mass is 277 g/mol. The minimum atomic E-state index is -0.946. The van der Waals surface area contributed by atoms with Gasteiger partial charge in [0.15, 0.2) is 5.69 Å². The van der Waals surface area contributed by atoms with E-state index in [9.17, 15) is 4.79 Å². The Labute approximate surface area is 120 Å². The van der Waals surface area contributed by atoms with Crippen LogP contribution < -0.4 is 0 Å². The molecule has 0 aromatic carbocycles. The van der Waals surface area contributed by atoms with Crippen LogP contribution in [0.3, 0.4) is 0 Å². The first kappa shape index (κ1) is 14.9. The molecular weight excluding hydrogens is 254 g/mol. The smallest absolute Gasteiger partial charge is 0.354 e. The van der Waals surface area contributed by atoms with E-state index in [0.29, 0.717) is 12.6 Å². The SMILES string of the molecule is CCC(C)N1CCN(Cc2cccnc2C(=O)O)CC1. The largest absolute Gasteiger partial charge is 0.477 e. The summed E-state index contributed by atoms with van der Waals surface area (Å²) < 4.78 is 0. The zero-order valence-electron chi connectivity index (χ0n) is 12.2. The minimum absolute atomic E-state index is 0.178. The summed E-state index contributed by atoms with van der Waals surface area (Å²) >= 11 is 0. The van der Waals surface area contributed by atoms with Crippen molar-refractivity contribution in [1.82, 2.24) is 14.8 Å². The summed E-state index contributed by atoms with van der Waals surface area (Å²) in [5, 5.41) is 9.15. The van der Waals surface area contributed by atoms with Gasteiger partial charge < -0.3 is 5.11 Å². The van der Waals surface area contributed by atoms with E-state index in [4.69, 9.17) is 5.11 Å². The molecule has 1 N–H and O–H groups in total. The first-order valence-electron chi connectivity index (χ1n) is 7.25. The molecule has 0 aliphatic carbocycles. The Kier molecular flexibility index (Phi) is 5.09. The maximum Gasteiger partial charge on any atom is 0.354 e. The summed E-state index contributed by atoms with van der Waals surface area (Å²) in [5.41, 5.74) is 0.980. The third-order valence-electron chi connectivity index (χ3n) is 4.11. The summed E-state index contributed by atoms with van der Waals surface area (Å²) in [6, 6.07) is 4.29. The molecule has 0 saturated carbocycles. The van der Waals surface area contributed by atoms with Crippen molar-refractivity contribution in [2.75, 3.05) is 26.2 Å². The lowest BCUT2D eigenvalue weighted by Gasteiger charge is -2.37. The molecule has 0 bridgehead atoms. The van der Waals surface area contributed by atoms with Crippen molar-refractivity contribution in [3.05, 3.63) is 29.6 Å². The van der Waals surface area contributed by atoms with Gasteiger partial charge in [-0.1, -0.05) is 13.0 Å². The molecule has 110 valence electrons.